The van der Waals surface area contributed by atoms with Crippen molar-refractivity contribution in [2.24, 2.45) is 0 Å². The highest BCUT2D eigenvalue weighted by atomic mass is 32.2. The van der Waals surface area contributed by atoms with E-state index in [-0.39, 0.29) is 10.8 Å². The Balaban J connectivity index is 1.59. The minimum absolute atomic E-state index is 0.0253. The average Bonchev–Trinajstić information content (AvgIpc) is 3.25. The zero-order valence-corrected chi connectivity index (χ0v) is 23.5. The molecule has 3 aromatic rings. The number of ether oxygens (including phenoxy) is 1. The Labute approximate surface area is 218 Å². The molecule has 1 heterocycles. The number of rotatable bonds is 13. The van der Waals surface area contributed by atoms with Crippen LogP contribution in [0.25, 0.3) is 10.2 Å². The van der Waals surface area contributed by atoms with Gasteiger partial charge in [0.15, 0.2) is 4.34 Å². The summed E-state index contributed by atoms with van der Waals surface area (Å²) in [5, 5.41) is 9.23. The van der Waals surface area contributed by atoms with Gasteiger partial charge in [-0.2, -0.15) is 0 Å². The van der Waals surface area contributed by atoms with Crippen molar-refractivity contribution in [3.8, 4) is 5.75 Å². The number of nitrogens with zero attached hydrogens (tertiary/aromatic N) is 1. The predicted octanol–water partition coefficient (Wildman–Crippen LogP) is 8.47. The number of benzene rings is 2. The molecule has 4 nitrogen and oxygen atoms in total. The van der Waals surface area contributed by atoms with Crippen LogP contribution in [-0.4, -0.2) is 27.9 Å². The first kappa shape index (κ1) is 27.5. The second-order valence-electron chi connectivity index (χ2n) is 10.4. The molecule has 6 heteroatoms. The van der Waals surface area contributed by atoms with Crippen molar-refractivity contribution in [2.45, 2.75) is 94.1 Å². The van der Waals surface area contributed by atoms with Crippen LogP contribution in [0.4, 0.5) is 0 Å². The summed E-state index contributed by atoms with van der Waals surface area (Å²) in [4.78, 5) is 16.4. The van der Waals surface area contributed by atoms with Crippen LogP contribution in [0.1, 0.15) is 84.8 Å². The van der Waals surface area contributed by atoms with Crippen molar-refractivity contribution >= 4 is 39.3 Å². The van der Waals surface area contributed by atoms with Crippen molar-refractivity contribution in [1.82, 2.24) is 4.98 Å². The number of carbonyl (C=O) groups is 1. The molecular formula is C29H39NO3S2. The lowest BCUT2D eigenvalue weighted by Gasteiger charge is -2.30. The van der Waals surface area contributed by atoms with Crippen LogP contribution in [0, 0.1) is 0 Å². The molecule has 0 bridgehead atoms. The van der Waals surface area contributed by atoms with E-state index in [1.54, 1.807) is 11.3 Å². The Bertz CT molecular complexity index is 1100. The van der Waals surface area contributed by atoms with E-state index in [1.165, 1.54) is 22.9 Å². The highest BCUT2D eigenvalue weighted by Gasteiger charge is 2.27. The molecule has 190 valence electrons. The number of thioether (sulfide) groups is 1. The minimum Gasteiger partial charge on any atom is -0.493 e. The van der Waals surface area contributed by atoms with E-state index in [0.717, 1.165) is 46.0 Å². The second-order valence-corrected chi connectivity index (χ2v) is 12.9. The van der Waals surface area contributed by atoms with Gasteiger partial charge in [-0.3, -0.25) is 4.79 Å². The Morgan fingerprint density at radius 3 is 2.43 bits per heavy atom. The van der Waals surface area contributed by atoms with Crippen LogP contribution < -0.4 is 4.74 Å². The lowest BCUT2D eigenvalue weighted by molar-refractivity contribution is -0.136. The molecule has 3 rings (SSSR count). The molecule has 2 aromatic carbocycles. The van der Waals surface area contributed by atoms with Gasteiger partial charge < -0.3 is 9.84 Å². The van der Waals surface area contributed by atoms with E-state index in [9.17, 15) is 9.90 Å². The molecule has 0 saturated carbocycles. The first-order valence-electron chi connectivity index (χ1n) is 12.6. The zero-order valence-electron chi connectivity index (χ0n) is 21.9. The molecule has 1 atom stereocenters. The molecule has 0 radical (unpaired) electrons. The topological polar surface area (TPSA) is 59.4 Å². The number of carboxylic acids is 1. The van der Waals surface area contributed by atoms with Crippen LogP contribution in [0.3, 0.4) is 0 Å². The van der Waals surface area contributed by atoms with Crippen LogP contribution in [0.5, 0.6) is 5.75 Å². The van der Waals surface area contributed by atoms with Crippen molar-refractivity contribution in [3.05, 3.63) is 53.6 Å². The van der Waals surface area contributed by atoms with Crippen LogP contribution in [0.2, 0.25) is 0 Å². The zero-order chi connectivity index (χ0) is 25.6. The van der Waals surface area contributed by atoms with E-state index in [0.29, 0.717) is 13.0 Å². The maximum absolute atomic E-state index is 11.9. The molecule has 1 N–H and O–H groups in total. The van der Waals surface area contributed by atoms with Gasteiger partial charge in [0, 0.05) is 5.56 Å². The summed E-state index contributed by atoms with van der Waals surface area (Å²) in [6.07, 6.45) is 4.32. The summed E-state index contributed by atoms with van der Waals surface area (Å²) in [7, 11) is 0. The summed E-state index contributed by atoms with van der Waals surface area (Å²) >= 11 is 2.92. The van der Waals surface area contributed by atoms with Gasteiger partial charge in [0.05, 0.1) is 16.8 Å². The summed E-state index contributed by atoms with van der Waals surface area (Å²) in [5.41, 5.74) is 3.69. The Morgan fingerprint density at radius 2 is 1.77 bits per heavy atom. The molecule has 0 spiro atoms. The smallest absolute Gasteiger partial charge is 0.317 e. The average molecular weight is 514 g/mol. The Kier molecular flexibility index (Phi) is 9.28. The van der Waals surface area contributed by atoms with Crippen molar-refractivity contribution in [3.63, 3.8) is 0 Å². The van der Waals surface area contributed by atoms with Crippen molar-refractivity contribution in [2.75, 3.05) is 6.61 Å². The quantitative estimate of drug-likeness (QED) is 0.183. The normalized spacial score (nSPS) is 13.2. The van der Waals surface area contributed by atoms with Gasteiger partial charge in [-0.1, -0.05) is 77.6 Å². The third-order valence-corrected chi connectivity index (χ3v) is 9.55. The Morgan fingerprint density at radius 1 is 1.06 bits per heavy atom. The van der Waals surface area contributed by atoms with Gasteiger partial charge in [-0.25, -0.2) is 4.98 Å². The largest absolute Gasteiger partial charge is 0.493 e. The molecule has 0 aliphatic carbocycles. The molecule has 35 heavy (non-hydrogen) atoms. The van der Waals surface area contributed by atoms with E-state index in [1.807, 2.05) is 24.3 Å². The lowest BCUT2D eigenvalue weighted by atomic mass is 9.76. The number of para-hydroxylation sites is 1. The second kappa shape index (κ2) is 11.8. The maximum atomic E-state index is 11.9. The molecular weight excluding hydrogens is 474 g/mol. The van der Waals surface area contributed by atoms with E-state index in [2.05, 4.69) is 64.7 Å². The number of fused-ring (bicyclic) bond motifs is 1. The maximum Gasteiger partial charge on any atom is 0.317 e. The number of thiazole rings is 1. The first-order valence-corrected chi connectivity index (χ1v) is 14.3. The lowest BCUT2D eigenvalue weighted by Crippen LogP contribution is -2.21. The third kappa shape index (κ3) is 7.01. The number of hydrogen-bond donors (Lipinski definition) is 1. The van der Waals surface area contributed by atoms with Crippen LogP contribution in [-0.2, 0) is 15.6 Å². The SMILES string of the molecule is CCC(C)(C)c1ccc(OCCCCC(Sc2nc3ccccc3s2)C(=O)O)c(C(C)(C)CC)c1. The summed E-state index contributed by atoms with van der Waals surface area (Å²) in [5.74, 6) is 0.169. The standard InChI is InChI=1S/C29H39NO3S2/c1-7-28(3,4)20-16-17-23(21(19-20)29(5,6)8-2)33-18-12-11-15-25(26(31)32)35-27-30-22-13-9-10-14-24(22)34-27/h9-10,13-14,16-17,19,25H,7-8,11-12,15,18H2,1-6H3,(H,31,32). The molecule has 1 aromatic heterocycles. The van der Waals surface area contributed by atoms with Crippen LogP contribution in [0.15, 0.2) is 46.8 Å². The fourth-order valence-corrected chi connectivity index (χ4v) is 6.16. The summed E-state index contributed by atoms with van der Waals surface area (Å²) in [6.45, 7) is 14.2. The number of hydrogen-bond acceptors (Lipinski definition) is 5. The van der Waals surface area contributed by atoms with Gasteiger partial charge in [0.2, 0.25) is 0 Å². The number of carboxylic acid groups (broad SMARTS) is 1. The number of unbranched alkanes of at least 4 members (excludes halogenated alkanes) is 1. The molecule has 0 aliphatic heterocycles. The Hall–Kier alpha value is -2.05. The van der Waals surface area contributed by atoms with E-state index in [4.69, 9.17) is 4.74 Å². The van der Waals surface area contributed by atoms with Gasteiger partial charge in [0.1, 0.15) is 11.0 Å². The summed E-state index contributed by atoms with van der Waals surface area (Å²) < 4.78 is 8.17. The number of aliphatic carboxylic acids is 1. The van der Waals surface area contributed by atoms with E-state index >= 15 is 0 Å². The molecule has 1 unspecified atom stereocenters. The third-order valence-electron chi connectivity index (χ3n) is 7.17. The van der Waals surface area contributed by atoms with E-state index < -0.39 is 11.2 Å². The molecule has 0 saturated heterocycles. The molecule has 0 aliphatic rings. The van der Waals surface area contributed by atoms with Gasteiger partial charge in [0.25, 0.3) is 0 Å². The minimum atomic E-state index is -0.781. The van der Waals surface area contributed by atoms with Crippen molar-refractivity contribution in [1.29, 1.82) is 0 Å². The number of aromatic nitrogens is 1. The monoisotopic (exact) mass is 513 g/mol. The fourth-order valence-electron chi connectivity index (χ4n) is 3.87. The highest BCUT2D eigenvalue weighted by Crippen LogP contribution is 2.39. The summed E-state index contributed by atoms with van der Waals surface area (Å²) in [6, 6.07) is 14.6. The van der Waals surface area contributed by atoms with Gasteiger partial charge in [-0.05, 0) is 66.7 Å². The van der Waals surface area contributed by atoms with Crippen LogP contribution >= 0.6 is 23.1 Å². The predicted molar refractivity (Wildman–Crippen MR) is 149 cm³/mol. The molecule has 0 amide bonds. The fraction of sp³-hybridized carbons (Fsp3) is 0.517. The highest BCUT2D eigenvalue weighted by molar-refractivity contribution is 8.02. The first-order chi connectivity index (χ1) is 16.6. The van der Waals surface area contributed by atoms with Gasteiger partial charge >= 0.3 is 5.97 Å². The van der Waals surface area contributed by atoms with Crippen molar-refractivity contribution < 1.29 is 14.6 Å². The molecule has 0 fully saturated rings. The van der Waals surface area contributed by atoms with Gasteiger partial charge in [-0.15, -0.1) is 11.3 Å².